The minimum atomic E-state index is 1.14. The number of allylic oxidation sites excluding steroid dienone is 4. The number of rotatable bonds is 4. The molecule has 0 aliphatic heterocycles. The van der Waals surface area contributed by atoms with Crippen molar-refractivity contribution in [2.24, 2.45) is 0 Å². The minimum Gasteiger partial charge on any atom is -0.0845 e. The second kappa shape index (κ2) is 6.60. The maximum atomic E-state index is 2.28. The molecule has 0 heterocycles. The van der Waals surface area contributed by atoms with E-state index in [0.717, 1.165) is 19.3 Å². The summed E-state index contributed by atoms with van der Waals surface area (Å²) >= 11 is 0. The van der Waals surface area contributed by atoms with E-state index in [-0.39, 0.29) is 0 Å². The fraction of sp³-hybridized carbons (Fsp3) is 0.600. The van der Waals surface area contributed by atoms with Gasteiger partial charge in [-0.3, -0.25) is 0 Å². The van der Waals surface area contributed by atoms with Gasteiger partial charge in [0.2, 0.25) is 0 Å². The summed E-state index contributed by atoms with van der Waals surface area (Å²) in [5.74, 6) is 0. The molecule has 0 N–H and O–H groups in total. The molecule has 0 rings (SSSR count). The third-order valence-electron chi connectivity index (χ3n) is 1.44. The van der Waals surface area contributed by atoms with Gasteiger partial charge < -0.3 is 0 Å². The highest BCUT2D eigenvalue weighted by molar-refractivity contribution is 5.17. The first-order valence-corrected chi connectivity index (χ1v) is 4.20. The normalized spacial score (nSPS) is 12.9. The van der Waals surface area contributed by atoms with Crippen LogP contribution < -0.4 is 0 Å². The van der Waals surface area contributed by atoms with Crippen molar-refractivity contribution in [2.45, 2.75) is 40.0 Å². The SMILES string of the molecule is CC/C=C\C(=C/CC)CC. The van der Waals surface area contributed by atoms with Gasteiger partial charge >= 0.3 is 0 Å². The van der Waals surface area contributed by atoms with Gasteiger partial charge in [0.15, 0.2) is 0 Å². The lowest BCUT2D eigenvalue weighted by atomic mass is 10.1. The van der Waals surface area contributed by atoms with E-state index < -0.39 is 0 Å². The first-order valence-electron chi connectivity index (χ1n) is 4.20. The van der Waals surface area contributed by atoms with E-state index in [1.165, 1.54) is 5.57 Å². The van der Waals surface area contributed by atoms with Crippen LogP contribution in [0.2, 0.25) is 0 Å². The largest absolute Gasteiger partial charge is 0.0845 e. The van der Waals surface area contributed by atoms with Gasteiger partial charge in [-0.2, -0.15) is 0 Å². The smallest absolute Gasteiger partial charge is 0.0311 e. The van der Waals surface area contributed by atoms with E-state index in [9.17, 15) is 0 Å². The van der Waals surface area contributed by atoms with Gasteiger partial charge in [0.25, 0.3) is 0 Å². The van der Waals surface area contributed by atoms with E-state index in [2.05, 4.69) is 39.0 Å². The highest BCUT2D eigenvalue weighted by Gasteiger charge is 1.83. The standard InChI is InChI=1S/C10H18/c1-4-7-9-10(6-3)8-5-2/h7-9H,4-6H2,1-3H3/b9-7-,10-8-. The van der Waals surface area contributed by atoms with Crippen LogP contribution in [0.3, 0.4) is 0 Å². The first kappa shape index (κ1) is 9.48. The van der Waals surface area contributed by atoms with Crippen LogP contribution in [0.4, 0.5) is 0 Å². The molecule has 58 valence electrons. The monoisotopic (exact) mass is 138 g/mol. The fourth-order valence-electron chi connectivity index (χ4n) is 0.862. The zero-order valence-electron chi connectivity index (χ0n) is 7.35. The van der Waals surface area contributed by atoms with E-state index in [4.69, 9.17) is 0 Å². The lowest BCUT2D eigenvalue weighted by molar-refractivity contribution is 1.09. The molecule has 0 aliphatic rings. The molecule has 0 saturated heterocycles. The van der Waals surface area contributed by atoms with Gasteiger partial charge in [-0.1, -0.05) is 44.6 Å². The van der Waals surface area contributed by atoms with E-state index in [1.807, 2.05) is 0 Å². The van der Waals surface area contributed by atoms with Crippen LogP contribution in [-0.2, 0) is 0 Å². The summed E-state index contributed by atoms with van der Waals surface area (Å²) in [6.07, 6.45) is 10.2. The predicted octanol–water partition coefficient (Wildman–Crippen LogP) is 3.70. The predicted molar refractivity (Wildman–Crippen MR) is 48.1 cm³/mol. The Balaban J connectivity index is 3.82. The van der Waals surface area contributed by atoms with Gasteiger partial charge in [-0.05, 0) is 19.3 Å². The Morgan fingerprint density at radius 2 is 1.80 bits per heavy atom. The Morgan fingerprint density at radius 1 is 1.10 bits per heavy atom. The summed E-state index contributed by atoms with van der Waals surface area (Å²) in [5.41, 5.74) is 1.46. The maximum Gasteiger partial charge on any atom is -0.0311 e. The molecule has 0 aromatic heterocycles. The molecule has 0 unspecified atom stereocenters. The van der Waals surface area contributed by atoms with Crippen LogP contribution in [0.15, 0.2) is 23.8 Å². The van der Waals surface area contributed by atoms with Gasteiger partial charge in [0.1, 0.15) is 0 Å². The Hall–Kier alpha value is -0.520. The zero-order chi connectivity index (χ0) is 7.82. The van der Waals surface area contributed by atoms with Crippen molar-refractivity contribution in [3.8, 4) is 0 Å². The van der Waals surface area contributed by atoms with Crippen LogP contribution in [-0.4, -0.2) is 0 Å². The Bertz CT molecular complexity index is 118. The minimum absolute atomic E-state index is 1.14. The molecule has 0 fully saturated rings. The van der Waals surface area contributed by atoms with Crippen LogP contribution in [0.5, 0.6) is 0 Å². The zero-order valence-corrected chi connectivity index (χ0v) is 7.35. The number of hydrogen-bond acceptors (Lipinski definition) is 0. The molecule has 10 heavy (non-hydrogen) atoms. The third kappa shape index (κ3) is 4.37. The van der Waals surface area contributed by atoms with Crippen LogP contribution in [0, 0.1) is 0 Å². The van der Waals surface area contributed by atoms with E-state index in [1.54, 1.807) is 0 Å². The highest BCUT2D eigenvalue weighted by atomic mass is 13.9. The Labute approximate surface area is 64.6 Å². The van der Waals surface area contributed by atoms with Crippen LogP contribution in [0.25, 0.3) is 0 Å². The van der Waals surface area contributed by atoms with Crippen molar-refractivity contribution in [3.63, 3.8) is 0 Å². The molecular weight excluding hydrogens is 120 g/mol. The lowest BCUT2D eigenvalue weighted by Gasteiger charge is -1.93. The summed E-state index contributed by atoms with van der Waals surface area (Å²) in [7, 11) is 0. The maximum absolute atomic E-state index is 2.28. The third-order valence-corrected chi connectivity index (χ3v) is 1.44. The van der Waals surface area contributed by atoms with Crippen molar-refractivity contribution >= 4 is 0 Å². The van der Waals surface area contributed by atoms with Crippen molar-refractivity contribution < 1.29 is 0 Å². The Kier molecular flexibility index (Phi) is 6.25. The molecule has 0 amide bonds. The highest BCUT2D eigenvalue weighted by Crippen LogP contribution is 2.03. The average Bonchev–Trinajstić information content (AvgIpc) is 1.98. The quantitative estimate of drug-likeness (QED) is 0.520. The van der Waals surface area contributed by atoms with E-state index in [0.29, 0.717) is 0 Å². The summed E-state index contributed by atoms with van der Waals surface area (Å²) in [5, 5.41) is 0. The van der Waals surface area contributed by atoms with Crippen LogP contribution in [0.1, 0.15) is 40.0 Å². The van der Waals surface area contributed by atoms with Crippen molar-refractivity contribution in [2.75, 3.05) is 0 Å². The molecule has 0 aromatic rings. The first-order chi connectivity index (χ1) is 4.85. The molecule has 0 aliphatic carbocycles. The van der Waals surface area contributed by atoms with Crippen LogP contribution >= 0.6 is 0 Å². The second-order valence-corrected chi connectivity index (χ2v) is 2.35. The molecular formula is C10H18. The topological polar surface area (TPSA) is 0 Å². The van der Waals surface area contributed by atoms with Gasteiger partial charge in [-0.15, -0.1) is 0 Å². The summed E-state index contributed by atoms with van der Waals surface area (Å²) < 4.78 is 0. The molecule has 0 atom stereocenters. The summed E-state index contributed by atoms with van der Waals surface area (Å²) in [6.45, 7) is 6.53. The lowest BCUT2D eigenvalue weighted by Crippen LogP contribution is -1.73. The molecule has 0 nitrogen and oxygen atoms in total. The van der Waals surface area contributed by atoms with Gasteiger partial charge in [-0.25, -0.2) is 0 Å². The number of hydrogen-bond donors (Lipinski definition) is 0. The average molecular weight is 138 g/mol. The van der Waals surface area contributed by atoms with Crippen molar-refractivity contribution in [1.82, 2.24) is 0 Å². The van der Waals surface area contributed by atoms with Crippen molar-refractivity contribution in [3.05, 3.63) is 23.8 Å². The Morgan fingerprint density at radius 3 is 2.20 bits per heavy atom. The van der Waals surface area contributed by atoms with E-state index >= 15 is 0 Å². The van der Waals surface area contributed by atoms with Crippen molar-refractivity contribution in [1.29, 1.82) is 0 Å². The summed E-state index contributed by atoms with van der Waals surface area (Å²) in [4.78, 5) is 0. The fourth-order valence-corrected chi connectivity index (χ4v) is 0.862. The molecule has 0 bridgehead atoms. The molecule has 0 saturated carbocycles. The van der Waals surface area contributed by atoms with Gasteiger partial charge in [0.05, 0.1) is 0 Å². The molecule has 0 aromatic carbocycles. The summed E-state index contributed by atoms with van der Waals surface area (Å²) in [6, 6.07) is 0. The molecule has 0 radical (unpaired) electrons. The van der Waals surface area contributed by atoms with Gasteiger partial charge in [0, 0.05) is 0 Å². The second-order valence-electron chi connectivity index (χ2n) is 2.35. The molecule has 0 heteroatoms. The molecule has 0 spiro atoms.